The van der Waals surface area contributed by atoms with Gasteiger partial charge < -0.3 is 4.90 Å². The van der Waals surface area contributed by atoms with E-state index in [1.54, 1.807) is 5.56 Å². The van der Waals surface area contributed by atoms with E-state index in [2.05, 4.69) is 47.9 Å². The Hall–Kier alpha value is -0.470. The zero-order chi connectivity index (χ0) is 15.0. The summed E-state index contributed by atoms with van der Waals surface area (Å²) < 4.78 is 0. The number of nitrogens with zero attached hydrogens (tertiary/aromatic N) is 1. The molecule has 1 spiro atoms. The molecule has 0 amide bonds. The maximum Gasteiger partial charge on any atom is 0.00544 e. The van der Waals surface area contributed by atoms with Gasteiger partial charge in [-0.15, -0.1) is 0 Å². The van der Waals surface area contributed by atoms with Gasteiger partial charge in [0.25, 0.3) is 0 Å². The number of thioether (sulfide) groups is 1. The lowest BCUT2D eigenvalue weighted by molar-refractivity contribution is 0.255. The van der Waals surface area contributed by atoms with Gasteiger partial charge in [0, 0.05) is 30.0 Å². The zero-order valence-electron chi connectivity index (χ0n) is 13.9. The summed E-state index contributed by atoms with van der Waals surface area (Å²) in [6.45, 7) is 6.42. The Morgan fingerprint density at radius 2 is 2.00 bits per heavy atom. The van der Waals surface area contributed by atoms with Crippen molar-refractivity contribution in [3.63, 3.8) is 0 Å². The van der Waals surface area contributed by atoms with Gasteiger partial charge in [0.1, 0.15) is 0 Å². The van der Waals surface area contributed by atoms with Crippen LogP contribution in [0.15, 0.2) is 24.3 Å². The molecule has 3 fully saturated rings. The van der Waals surface area contributed by atoms with Crippen LogP contribution in [0.2, 0.25) is 0 Å². The molecule has 1 aliphatic carbocycles. The Balaban J connectivity index is 1.27. The normalized spacial score (nSPS) is 25.9. The fraction of sp³-hybridized carbons (Fsp3) is 0.700. The van der Waals surface area contributed by atoms with E-state index in [4.69, 9.17) is 0 Å². The molecule has 120 valence electrons. The third-order valence-corrected chi connectivity index (χ3v) is 7.68. The van der Waals surface area contributed by atoms with Crippen LogP contribution in [0.1, 0.15) is 49.7 Å². The summed E-state index contributed by atoms with van der Waals surface area (Å²) in [5, 5.41) is 0. The monoisotopic (exact) mass is 315 g/mol. The second-order valence-corrected chi connectivity index (χ2v) is 9.14. The van der Waals surface area contributed by atoms with Crippen LogP contribution >= 0.6 is 11.8 Å². The van der Waals surface area contributed by atoms with E-state index in [0.29, 0.717) is 0 Å². The number of rotatable bonds is 5. The zero-order valence-corrected chi connectivity index (χ0v) is 14.7. The van der Waals surface area contributed by atoms with Gasteiger partial charge >= 0.3 is 0 Å². The fourth-order valence-electron chi connectivity index (χ4n) is 4.39. The molecule has 2 aliphatic heterocycles. The van der Waals surface area contributed by atoms with E-state index in [-0.39, 0.29) is 0 Å². The summed E-state index contributed by atoms with van der Waals surface area (Å²) in [4.78, 5) is 2.73. The predicted octanol–water partition coefficient (Wildman–Crippen LogP) is 4.57. The molecule has 2 heterocycles. The van der Waals surface area contributed by atoms with Crippen LogP contribution < -0.4 is 0 Å². The van der Waals surface area contributed by atoms with E-state index in [0.717, 1.165) is 17.3 Å². The lowest BCUT2D eigenvalue weighted by atomic mass is 9.80. The van der Waals surface area contributed by atoms with E-state index >= 15 is 0 Å². The van der Waals surface area contributed by atoms with Crippen LogP contribution in [0.4, 0.5) is 0 Å². The van der Waals surface area contributed by atoms with Crippen molar-refractivity contribution in [3.05, 3.63) is 35.4 Å². The molecule has 0 radical (unpaired) electrons. The summed E-state index contributed by atoms with van der Waals surface area (Å²) in [6.07, 6.45) is 6.93. The average Bonchev–Trinajstić information content (AvgIpc) is 2.83. The highest BCUT2D eigenvalue weighted by molar-refractivity contribution is 8.00. The third-order valence-electron chi connectivity index (χ3n) is 6.04. The van der Waals surface area contributed by atoms with Gasteiger partial charge in [0.2, 0.25) is 0 Å². The van der Waals surface area contributed by atoms with Gasteiger partial charge in [0.05, 0.1) is 0 Å². The molecule has 0 bridgehead atoms. The van der Waals surface area contributed by atoms with Crippen LogP contribution in [-0.4, -0.2) is 36.0 Å². The van der Waals surface area contributed by atoms with Gasteiger partial charge in [-0.3, -0.25) is 0 Å². The van der Waals surface area contributed by atoms with Crippen molar-refractivity contribution in [2.45, 2.75) is 44.9 Å². The first-order valence-electron chi connectivity index (χ1n) is 9.11. The van der Waals surface area contributed by atoms with E-state index < -0.39 is 0 Å². The van der Waals surface area contributed by atoms with Crippen LogP contribution in [0.5, 0.6) is 0 Å². The quantitative estimate of drug-likeness (QED) is 0.783. The first kappa shape index (κ1) is 15.1. The highest BCUT2D eigenvalue weighted by Crippen LogP contribution is 2.45. The number of likely N-dealkylation sites (tertiary alicyclic amines) is 1. The summed E-state index contributed by atoms with van der Waals surface area (Å²) in [5.74, 6) is 4.48. The minimum Gasteiger partial charge on any atom is -0.302 e. The first-order chi connectivity index (χ1) is 10.7. The second-order valence-electron chi connectivity index (χ2n) is 8.16. The predicted molar refractivity (Wildman–Crippen MR) is 96.7 cm³/mol. The maximum atomic E-state index is 2.73. The van der Waals surface area contributed by atoms with Gasteiger partial charge in [-0.25, -0.2) is 0 Å². The van der Waals surface area contributed by atoms with Crippen molar-refractivity contribution in [2.75, 3.05) is 31.1 Å². The topological polar surface area (TPSA) is 3.24 Å². The molecule has 0 unspecified atom stereocenters. The molecule has 22 heavy (non-hydrogen) atoms. The third kappa shape index (κ3) is 3.10. The Kier molecular flexibility index (Phi) is 4.25. The summed E-state index contributed by atoms with van der Waals surface area (Å²) >= 11 is 2.14. The molecular weight excluding hydrogens is 286 g/mol. The first-order valence-corrected chi connectivity index (χ1v) is 10.3. The summed E-state index contributed by atoms with van der Waals surface area (Å²) in [6, 6.07) is 9.56. The van der Waals surface area contributed by atoms with Crippen molar-refractivity contribution in [2.24, 2.45) is 11.3 Å². The van der Waals surface area contributed by atoms with Crippen molar-refractivity contribution in [1.82, 2.24) is 4.90 Å². The molecule has 1 aromatic carbocycles. The smallest absolute Gasteiger partial charge is 0.00544 e. The largest absolute Gasteiger partial charge is 0.302 e. The Morgan fingerprint density at radius 1 is 1.23 bits per heavy atom. The average molecular weight is 316 g/mol. The summed E-state index contributed by atoms with van der Waals surface area (Å²) in [7, 11) is 0. The van der Waals surface area contributed by atoms with Crippen molar-refractivity contribution >= 4 is 11.8 Å². The Morgan fingerprint density at radius 3 is 2.55 bits per heavy atom. The minimum atomic E-state index is 0.717. The molecule has 0 N–H and O–H groups in total. The lowest BCUT2D eigenvalue weighted by Gasteiger charge is -2.37. The van der Waals surface area contributed by atoms with Gasteiger partial charge in [-0.05, 0) is 55.2 Å². The number of hydrogen-bond acceptors (Lipinski definition) is 2. The van der Waals surface area contributed by atoms with Crippen molar-refractivity contribution in [1.29, 1.82) is 0 Å². The standard InChI is InChI=1S/C20H29NS/c1-16(12-21-10-9-20(13-21)14-22-15-20)11-17-5-7-19(8-6-17)18-3-2-4-18/h5-8,16,18H,2-4,9-15H2,1H3/t16-/m0/s1. The van der Waals surface area contributed by atoms with E-state index in [1.807, 2.05) is 0 Å². The van der Waals surface area contributed by atoms with Crippen LogP contribution in [0.3, 0.4) is 0 Å². The molecule has 4 rings (SSSR count). The summed E-state index contributed by atoms with van der Waals surface area (Å²) in [5.41, 5.74) is 3.82. The fourth-order valence-corrected chi connectivity index (χ4v) is 5.64. The lowest BCUT2D eigenvalue weighted by Crippen LogP contribution is -2.39. The number of hydrogen-bond donors (Lipinski definition) is 0. The van der Waals surface area contributed by atoms with Gasteiger partial charge in [0.15, 0.2) is 0 Å². The van der Waals surface area contributed by atoms with E-state index in [9.17, 15) is 0 Å². The molecule has 3 aliphatic rings. The van der Waals surface area contributed by atoms with Crippen LogP contribution in [-0.2, 0) is 6.42 Å². The Labute approximate surface area is 139 Å². The molecule has 2 saturated heterocycles. The Bertz CT molecular complexity index is 501. The van der Waals surface area contributed by atoms with E-state index in [1.165, 1.54) is 68.8 Å². The molecule has 1 nitrogen and oxygen atoms in total. The molecule has 1 atom stereocenters. The molecule has 1 saturated carbocycles. The van der Waals surface area contributed by atoms with Crippen molar-refractivity contribution in [3.8, 4) is 0 Å². The van der Waals surface area contributed by atoms with Crippen molar-refractivity contribution < 1.29 is 0 Å². The molecule has 1 aromatic rings. The SMILES string of the molecule is C[C@@H](Cc1ccc(C2CCC2)cc1)CN1CCC2(CSC2)C1. The minimum absolute atomic E-state index is 0.717. The van der Waals surface area contributed by atoms with Crippen LogP contribution in [0, 0.1) is 11.3 Å². The van der Waals surface area contributed by atoms with Gasteiger partial charge in [-0.1, -0.05) is 37.6 Å². The second kappa shape index (κ2) is 6.20. The highest BCUT2D eigenvalue weighted by atomic mass is 32.2. The maximum absolute atomic E-state index is 2.73. The molecule has 2 heteroatoms. The highest BCUT2D eigenvalue weighted by Gasteiger charge is 2.43. The molecule has 0 aromatic heterocycles. The number of benzene rings is 1. The van der Waals surface area contributed by atoms with Gasteiger partial charge in [-0.2, -0.15) is 11.8 Å². The van der Waals surface area contributed by atoms with Crippen LogP contribution in [0.25, 0.3) is 0 Å². The molecular formula is C20H29NS.